The Morgan fingerprint density at radius 3 is 3.03 bits per heavy atom. The molecule has 2 atom stereocenters. The first kappa shape index (κ1) is 23.5. The fraction of sp³-hybridized carbons (Fsp3) is 0.481. The average molecular weight is 475 g/mol. The number of anilines is 1. The van der Waals surface area contributed by atoms with Crippen LogP contribution in [0.2, 0.25) is 0 Å². The summed E-state index contributed by atoms with van der Waals surface area (Å²) in [6.07, 6.45) is 7.38. The molecule has 0 radical (unpaired) electrons. The predicted octanol–water partition coefficient (Wildman–Crippen LogP) is 3.84. The molecule has 0 saturated carbocycles. The van der Waals surface area contributed by atoms with Crippen LogP contribution in [0, 0.1) is 12.8 Å². The second-order valence-corrected chi connectivity index (χ2v) is 9.93. The van der Waals surface area contributed by atoms with Crippen LogP contribution < -0.4 is 5.32 Å². The normalized spacial score (nSPS) is 18.7. The van der Waals surface area contributed by atoms with Gasteiger partial charge in [0.2, 0.25) is 0 Å². The molecule has 1 saturated heterocycles. The molecule has 1 aromatic carbocycles. The lowest BCUT2D eigenvalue weighted by Gasteiger charge is -2.24. The fourth-order valence-corrected chi connectivity index (χ4v) is 5.46. The summed E-state index contributed by atoms with van der Waals surface area (Å²) in [5.41, 5.74) is 4.51. The molecule has 35 heavy (non-hydrogen) atoms. The zero-order valence-electron chi connectivity index (χ0n) is 20.4. The number of nitrogens with one attached hydrogen (secondary N) is 1. The van der Waals surface area contributed by atoms with Crippen molar-refractivity contribution in [3.63, 3.8) is 0 Å². The van der Waals surface area contributed by atoms with E-state index in [9.17, 15) is 9.90 Å². The summed E-state index contributed by atoms with van der Waals surface area (Å²) in [6.45, 7) is 5.72. The predicted molar refractivity (Wildman–Crippen MR) is 135 cm³/mol. The summed E-state index contributed by atoms with van der Waals surface area (Å²) in [5, 5.41) is 21.1. The minimum Gasteiger partial charge on any atom is -0.481 e. The zero-order chi connectivity index (χ0) is 24.2. The van der Waals surface area contributed by atoms with Crippen LogP contribution in [-0.4, -0.2) is 61.9 Å². The molecule has 5 rings (SSSR count). The molecule has 3 aromatic rings. The first-order chi connectivity index (χ1) is 17.0. The van der Waals surface area contributed by atoms with Crippen LogP contribution in [0.1, 0.15) is 54.2 Å². The Labute approximate surface area is 206 Å². The van der Waals surface area contributed by atoms with E-state index >= 15 is 0 Å². The molecular weight excluding hydrogens is 440 g/mol. The number of fused-ring (bicyclic) bond motifs is 1. The number of aryl methyl sites for hydroxylation is 3. The van der Waals surface area contributed by atoms with Crippen LogP contribution >= 0.6 is 0 Å². The molecule has 2 aliphatic rings. The third-order valence-corrected chi connectivity index (χ3v) is 7.37. The molecule has 8 heteroatoms. The summed E-state index contributed by atoms with van der Waals surface area (Å²) < 4.78 is 1.93. The van der Waals surface area contributed by atoms with Crippen molar-refractivity contribution >= 4 is 11.8 Å². The minimum absolute atomic E-state index is 0.0589. The van der Waals surface area contributed by atoms with Crippen molar-refractivity contribution in [2.75, 3.05) is 31.5 Å². The van der Waals surface area contributed by atoms with E-state index in [2.05, 4.69) is 38.6 Å². The maximum Gasteiger partial charge on any atom is 0.304 e. The minimum atomic E-state index is -0.760. The SMILES string of the molecule is Cc1nncn1-c1cccc([C@H](CC(=O)O)CN2CC[C@@H](CCc3ccc4c(n3)NCCC4)C2)c1. The number of aliphatic carboxylic acids is 1. The topological polar surface area (TPSA) is 96.2 Å². The Hall–Kier alpha value is -3.26. The third-order valence-electron chi connectivity index (χ3n) is 7.37. The van der Waals surface area contributed by atoms with Gasteiger partial charge in [-0.2, -0.15) is 0 Å². The third kappa shape index (κ3) is 5.70. The van der Waals surface area contributed by atoms with Crippen LogP contribution in [0.4, 0.5) is 5.82 Å². The second kappa shape index (κ2) is 10.6. The molecule has 2 aromatic heterocycles. The molecule has 0 aliphatic carbocycles. The smallest absolute Gasteiger partial charge is 0.304 e. The molecule has 0 amide bonds. The summed E-state index contributed by atoms with van der Waals surface area (Å²) in [7, 11) is 0. The van der Waals surface area contributed by atoms with E-state index in [1.54, 1.807) is 6.33 Å². The molecule has 2 N–H and O–H groups in total. The van der Waals surface area contributed by atoms with Gasteiger partial charge in [-0.1, -0.05) is 18.2 Å². The zero-order valence-corrected chi connectivity index (χ0v) is 20.4. The monoisotopic (exact) mass is 474 g/mol. The lowest BCUT2D eigenvalue weighted by Crippen LogP contribution is -2.28. The summed E-state index contributed by atoms with van der Waals surface area (Å²) in [4.78, 5) is 19.0. The van der Waals surface area contributed by atoms with Crippen LogP contribution in [-0.2, 0) is 17.6 Å². The van der Waals surface area contributed by atoms with Crippen molar-refractivity contribution in [1.29, 1.82) is 0 Å². The van der Waals surface area contributed by atoms with Gasteiger partial charge in [-0.15, -0.1) is 10.2 Å². The number of hydrogen-bond donors (Lipinski definition) is 2. The fourth-order valence-electron chi connectivity index (χ4n) is 5.46. The number of pyridine rings is 1. The van der Waals surface area contributed by atoms with Crippen molar-refractivity contribution in [2.45, 2.75) is 51.4 Å². The highest BCUT2D eigenvalue weighted by molar-refractivity contribution is 5.68. The Morgan fingerprint density at radius 2 is 2.20 bits per heavy atom. The second-order valence-electron chi connectivity index (χ2n) is 9.93. The van der Waals surface area contributed by atoms with Gasteiger partial charge in [-0.25, -0.2) is 4.98 Å². The number of benzene rings is 1. The van der Waals surface area contributed by atoms with Crippen molar-refractivity contribution < 1.29 is 9.90 Å². The van der Waals surface area contributed by atoms with E-state index < -0.39 is 5.97 Å². The number of carboxylic acids is 1. The van der Waals surface area contributed by atoms with Crippen molar-refractivity contribution in [3.8, 4) is 5.69 Å². The Bertz CT molecular complexity index is 1180. The maximum absolute atomic E-state index is 11.7. The molecule has 2 aliphatic heterocycles. The van der Waals surface area contributed by atoms with Gasteiger partial charge >= 0.3 is 5.97 Å². The molecule has 0 unspecified atom stereocenters. The molecule has 0 spiro atoms. The number of nitrogens with zero attached hydrogens (tertiary/aromatic N) is 5. The Balaban J connectivity index is 1.20. The highest BCUT2D eigenvalue weighted by Crippen LogP contribution is 2.29. The van der Waals surface area contributed by atoms with Gasteiger partial charge in [0.1, 0.15) is 18.0 Å². The van der Waals surface area contributed by atoms with E-state index in [0.29, 0.717) is 5.92 Å². The first-order valence-electron chi connectivity index (χ1n) is 12.7. The van der Waals surface area contributed by atoms with Crippen LogP contribution in [0.5, 0.6) is 0 Å². The van der Waals surface area contributed by atoms with Crippen molar-refractivity contribution in [2.24, 2.45) is 5.92 Å². The van der Waals surface area contributed by atoms with Crippen LogP contribution in [0.15, 0.2) is 42.7 Å². The highest BCUT2D eigenvalue weighted by Gasteiger charge is 2.27. The molecule has 1 fully saturated rings. The number of carboxylic acid groups (broad SMARTS) is 1. The van der Waals surface area contributed by atoms with Gasteiger partial charge in [-0.3, -0.25) is 9.36 Å². The Kier molecular flexibility index (Phi) is 7.08. The van der Waals surface area contributed by atoms with Gasteiger partial charge in [-0.05, 0) is 80.8 Å². The summed E-state index contributed by atoms with van der Waals surface area (Å²) in [6, 6.07) is 12.5. The average Bonchev–Trinajstić information content (AvgIpc) is 3.50. The van der Waals surface area contributed by atoms with E-state index in [-0.39, 0.29) is 12.3 Å². The van der Waals surface area contributed by atoms with Gasteiger partial charge < -0.3 is 15.3 Å². The van der Waals surface area contributed by atoms with Crippen molar-refractivity contribution in [1.82, 2.24) is 24.6 Å². The summed E-state index contributed by atoms with van der Waals surface area (Å²) in [5.74, 6) is 1.68. The number of rotatable bonds is 9. The number of aromatic nitrogens is 4. The summed E-state index contributed by atoms with van der Waals surface area (Å²) >= 11 is 0. The lowest BCUT2D eigenvalue weighted by atomic mass is 9.94. The van der Waals surface area contributed by atoms with Crippen LogP contribution in [0.25, 0.3) is 5.69 Å². The van der Waals surface area contributed by atoms with Crippen LogP contribution in [0.3, 0.4) is 0 Å². The van der Waals surface area contributed by atoms with Crippen molar-refractivity contribution in [3.05, 3.63) is 65.4 Å². The quantitative estimate of drug-likeness (QED) is 0.486. The van der Waals surface area contributed by atoms with Gasteiger partial charge in [0, 0.05) is 36.9 Å². The standard InChI is InChI=1S/C27H34N6O2/c1-19-31-29-18-33(19)25-6-2-4-22(14-25)23(15-26(34)35)17-32-13-11-20(16-32)7-9-24-10-8-21-5-3-12-28-27(21)30-24/h2,4,6,8,10,14,18,20,23H,3,5,7,9,11-13,15-17H2,1H3,(H,28,30)(H,34,35)/t20-,23-/m1/s1. The Morgan fingerprint density at radius 1 is 1.29 bits per heavy atom. The largest absolute Gasteiger partial charge is 0.481 e. The van der Waals surface area contributed by atoms with Gasteiger partial charge in [0.05, 0.1) is 6.42 Å². The van der Waals surface area contributed by atoms with E-state index in [1.165, 1.54) is 17.7 Å². The lowest BCUT2D eigenvalue weighted by molar-refractivity contribution is -0.137. The maximum atomic E-state index is 11.7. The molecule has 0 bridgehead atoms. The van der Waals surface area contributed by atoms with E-state index in [1.807, 2.05) is 29.7 Å². The van der Waals surface area contributed by atoms with E-state index in [4.69, 9.17) is 4.98 Å². The van der Waals surface area contributed by atoms with E-state index in [0.717, 1.165) is 74.8 Å². The molecular formula is C27H34N6O2. The first-order valence-corrected chi connectivity index (χ1v) is 12.7. The highest BCUT2D eigenvalue weighted by atomic mass is 16.4. The molecule has 4 heterocycles. The van der Waals surface area contributed by atoms with Gasteiger partial charge in [0.15, 0.2) is 0 Å². The van der Waals surface area contributed by atoms with Gasteiger partial charge in [0.25, 0.3) is 0 Å². The number of carbonyl (C=O) groups is 1. The molecule has 184 valence electrons. The molecule has 8 nitrogen and oxygen atoms in total. The number of hydrogen-bond acceptors (Lipinski definition) is 6. The number of likely N-dealkylation sites (tertiary alicyclic amines) is 1.